The highest BCUT2D eigenvalue weighted by atomic mass is 15.0. The van der Waals surface area contributed by atoms with Crippen LogP contribution in [0.1, 0.15) is 36.8 Å². The summed E-state index contributed by atoms with van der Waals surface area (Å²) in [6.45, 7) is 2.18. The average molecular weight is 337 g/mol. The van der Waals surface area contributed by atoms with E-state index in [1.54, 1.807) is 0 Å². The molecule has 2 aliphatic rings. The summed E-state index contributed by atoms with van der Waals surface area (Å²) in [6.07, 6.45) is 13.6. The summed E-state index contributed by atoms with van der Waals surface area (Å²) < 4.78 is 2.50. The normalized spacial score (nSPS) is 16.3. The number of benzene rings is 2. The Balaban J connectivity index is 1.93. The van der Waals surface area contributed by atoms with E-state index in [-0.39, 0.29) is 0 Å². The van der Waals surface area contributed by atoms with Crippen molar-refractivity contribution in [2.24, 2.45) is 0 Å². The number of para-hydroxylation sites is 1. The van der Waals surface area contributed by atoms with Gasteiger partial charge in [0.2, 0.25) is 0 Å². The van der Waals surface area contributed by atoms with Crippen LogP contribution in [0.4, 0.5) is 0 Å². The highest BCUT2D eigenvalue weighted by Crippen LogP contribution is 2.25. The fourth-order valence-corrected chi connectivity index (χ4v) is 4.46. The van der Waals surface area contributed by atoms with Crippen LogP contribution in [-0.4, -0.2) is 4.57 Å². The molecule has 128 valence electrons. The van der Waals surface area contributed by atoms with Crippen molar-refractivity contribution in [3.05, 3.63) is 88.5 Å². The zero-order valence-electron chi connectivity index (χ0n) is 15.2. The van der Waals surface area contributed by atoms with Gasteiger partial charge in [-0.25, -0.2) is 0 Å². The van der Waals surface area contributed by atoms with Crippen molar-refractivity contribution in [3.63, 3.8) is 0 Å². The van der Waals surface area contributed by atoms with Gasteiger partial charge < -0.3 is 4.57 Å². The zero-order valence-corrected chi connectivity index (χ0v) is 15.2. The van der Waals surface area contributed by atoms with Crippen molar-refractivity contribution in [1.82, 2.24) is 4.57 Å². The molecular weight excluding hydrogens is 314 g/mol. The highest BCUT2D eigenvalue weighted by molar-refractivity contribution is 5.89. The molecular formula is C25H23N. The highest BCUT2D eigenvalue weighted by Gasteiger charge is 2.17. The Labute approximate surface area is 154 Å². The molecule has 2 aromatic carbocycles. The minimum Gasteiger partial charge on any atom is -0.313 e. The number of allylic oxidation sites excluding steroid dienone is 4. The molecule has 3 aromatic rings. The summed E-state index contributed by atoms with van der Waals surface area (Å²) >= 11 is 0. The zero-order chi connectivity index (χ0) is 17.5. The molecule has 0 bridgehead atoms. The van der Waals surface area contributed by atoms with Gasteiger partial charge in [0.25, 0.3) is 0 Å². The third-order valence-electron chi connectivity index (χ3n) is 5.59. The average Bonchev–Trinajstić information content (AvgIpc) is 3.03. The Morgan fingerprint density at radius 3 is 2.69 bits per heavy atom. The van der Waals surface area contributed by atoms with Crippen LogP contribution in [0, 0.1) is 6.92 Å². The lowest BCUT2D eigenvalue weighted by Crippen LogP contribution is -2.33. The molecule has 2 aliphatic carbocycles. The van der Waals surface area contributed by atoms with Gasteiger partial charge in [-0.1, -0.05) is 66.3 Å². The lowest BCUT2D eigenvalue weighted by Gasteiger charge is -2.15. The lowest BCUT2D eigenvalue weighted by atomic mass is 9.94. The van der Waals surface area contributed by atoms with Crippen molar-refractivity contribution in [2.75, 3.05) is 0 Å². The summed E-state index contributed by atoms with van der Waals surface area (Å²) in [5.74, 6) is 0. The smallest absolute Gasteiger partial charge is 0.0537 e. The maximum atomic E-state index is 2.50. The monoisotopic (exact) mass is 337 g/mol. The molecule has 1 heterocycles. The largest absolute Gasteiger partial charge is 0.313 e. The Bertz CT molecular complexity index is 1180. The van der Waals surface area contributed by atoms with Crippen LogP contribution >= 0.6 is 0 Å². The summed E-state index contributed by atoms with van der Waals surface area (Å²) in [5, 5.41) is 4.20. The molecule has 0 radical (unpaired) electrons. The number of hydrogen-bond acceptors (Lipinski definition) is 0. The van der Waals surface area contributed by atoms with E-state index in [2.05, 4.69) is 84.3 Å². The molecule has 5 rings (SSSR count). The molecule has 0 N–H and O–H groups in total. The van der Waals surface area contributed by atoms with Crippen molar-refractivity contribution < 1.29 is 0 Å². The van der Waals surface area contributed by atoms with Crippen molar-refractivity contribution in [1.29, 1.82) is 0 Å². The van der Waals surface area contributed by atoms with Gasteiger partial charge in [-0.05, 0) is 55.9 Å². The number of hydrogen-bond donors (Lipinski definition) is 0. The first-order valence-corrected chi connectivity index (χ1v) is 9.59. The molecule has 0 unspecified atom stereocenters. The fourth-order valence-electron chi connectivity index (χ4n) is 4.46. The SMILES string of the molecule is Cc1cccc(C2=c3c(n(C4=CC=CCC4)c4ccccc34)=CCC2)c1. The number of fused-ring (bicyclic) bond motifs is 3. The van der Waals surface area contributed by atoms with E-state index in [0.29, 0.717) is 0 Å². The van der Waals surface area contributed by atoms with Crippen molar-refractivity contribution >= 4 is 28.2 Å². The standard InChI is InChI=1S/C25H23N/c1-18-9-7-10-19(17-18)21-14-8-16-24-25(21)22-13-5-6-15-23(22)26(24)20-11-3-2-4-12-20/h2-3,5-7,9-11,13,15-17H,4,8,12,14H2,1H3. The second-order valence-corrected chi connectivity index (χ2v) is 7.33. The van der Waals surface area contributed by atoms with Gasteiger partial charge in [0.1, 0.15) is 0 Å². The van der Waals surface area contributed by atoms with Crippen LogP contribution in [-0.2, 0) is 0 Å². The predicted molar refractivity (Wildman–Crippen MR) is 111 cm³/mol. The van der Waals surface area contributed by atoms with E-state index >= 15 is 0 Å². The van der Waals surface area contributed by atoms with Gasteiger partial charge in [-0.15, -0.1) is 0 Å². The summed E-state index contributed by atoms with van der Waals surface area (Å²) in [4.78, 5) is 0. The van der Waals surface area contributed by atoms with Gasteiger partial charge in [0.15, 0.2) is 0 Å². The Hall–Kier alpha value is -2.80. The second-order valence-electron chi connectivity index (χ2n) is 7.33. The Kier molecular flexibility index (Phi) is 3.67. The van der Waals surface area contributed by atoms with Gasteiger partial charge in [0.05, 0.1) is 10.9 Å². The fraction of sp³-hybridized carbons (Fsp3) is 0.200. The van der Waals surface area contributed by atoms with Crippen LogP contribution in [0.3, 0.4) is 0 Å². The van der Waals surface area contributed by atoms with Crippen molar-refractivity contribution in [2.45, 2.75) is 32.6 Å². The van der Waals surface area contributed by atoms with Crippen LogP contribution in [0.15, 0.2) is 66.8 Å². The number of rotatable bonds is 2. The van der Waals surface area contributed by atoms with Crippen LogP contribution < -0.4 is 10.6 Å². The molecule has 0 saturated carbocycles. The quantitative estimate of drug-likeness (QED) is 0.626. The summed E-state index contributed by atoms with van der Waals surface area (Å²) in [5.41, 5.74) is 6.94. The predicted octanol–water partition coefficient (Wildman–Crippen LogP) is 4.91. The molecule has 1 heteroatoms. The van der Waals surface area contributed by atoms with Crippen LogP contribution in [0.5, 0.6) is 0 Å². The second kappa shape index (κ2) is 6.17. The summed E-state index contributed by atoms with van der Waals surface area (Å²) in [6, 6.07) is 17.9. The topological polar surface area (TPSA) is 4.93 Å². The molecule has 1 nitrogen and oxygen atoms in total. The maximum absolute atomic E-state index is 2.50. The molecule has 0 saturated heterocycles. The minimum atomic E-state index is 1.11. The number of aromatic nitrogens is 1. The van der Waals surface area contributed by atoms with Gasteiger partial charge >= 0.3 is 0 Å². The van der Waals surface area contributed by atoms with Gasteiger partial charge in [-0.3, -0.25) is 0 Å². The van der Waals surface area contributed by atoms with E-state index in [0.717, 1.165) is 25.7 Å². The molecule has 1 aromatic heterocycles. The van der Waals surface area contributed by atoms with E-state index in [1.807, 2.05) is 0 Å². The number of nitrogens with zero attached hydrogens (tertiary/aromatic N) is 1. The molecule has 0 amide bonds. The first kappa shape index (κ1) is 15.5. The lowest BCUT2D eigenvalue weighted by molar-refractivity contribution is 0.932. The third-order valence-corrected chi connectivity index (χ3v) is 5.59. The minimum absolute atomic E-state index is 1.11. The molecule has 0 fully saturated rings. The van der Waals surface area contributed by atoms with E-state index in [4.69, 9.17) is 0 Å². The van der Waals surface area contributed by atoms with E-state index < -0.39 is 0 Å². The summed E-state index contributed by atoms with van der Waals surface area (Å²) in [7, 11) is 0. The Morgan fingerprint density at radius 2 is 1.85 bits per heavy atom. The van der Waals surface area contributed by atoms with Crippen LogP contribution in [0.2, 0.25) is 0 Å². The Morgan fingerprint density at radius 1 is 0.923 bits per heavy atom. The first-order chi connectivity index (χ1) is 12.8. The maximum Gasteiger partial charge on any atom is 0.0537 e. The van der Waals surface area contributed by atoms with Crippen molar-refractivity contribution in [3.8, 4) is 0 Å². The van der Waals surface area contributed by atoms with E-state index in [9.17, 15) is 0 Å². The van der Waals surface area contributed by atoms with Gasteiger partial charge in [0, 0.05) is 16.3 Å². The van der Waals surface area contributed by atoms with Crippen LogP contribution in [0.25, 0.3) is 28.2 Å². The molecule has 26 heavy (non-hydrogen) atoms. The van der Waals surface area contributed by atoms with E-state index in [1.165, 1.54) is 43.9 Å². The molecule has 0 aliphatic heterocycles. The molecule has 0 spiro atoms. The molecule has 0 atom stereocenters. The third kappa shape index (κ3) is 2.39. The van der Waals surface area contributed by atoms with Gasteiger partial charge in [-0.2, -0.15) is 0 Å². The first-order valence-electron chi connectivity index (χ1n) is 9.59. The number of aryl methyl sites for hydroxylation is 1.